The molecule has 92 valence electrons. The van der Waals surface area contributed by atoms with E-state index in [4.69, 9.17) is 5.73 Å². The summed E-state index contributed by atoms with van der Waals surface area (Å²) in [5, 5.41) is 3.45. The maximum atomic E-state index is 12.3. The van der Waals surface area contributed by atoms with Crippen LogP contribution in [0.5, 0.6) is 0 Å². The third-order valence-electron chi connectivity index (χ3n) is 2.70. The topological polar surface area (TPSA) is 43.8 Å². The molecule has 2 N–H and O–H groups in total. The van der Waals surface area contributed by atoms with Crippen LogP contribution < -0.4 is 5.73 Å². The second kappa shape index (κ2) is 4.86. The molecule has 0 fully saturated rings. The number of nitrogens with zero attached hydrogens (tertiary/aromatic N) is 2. The Morgan fingerprint density at radius 1 is 1.50 bits per heavy atom. The highest BCUT2D eigenvalue weighted by Gasteiger charge is 2.33. The molecular formula is C10H16F3N3. The Morgan fingerprint density at radius 2 is 2.12 bits per heavy atom. The molecule has 1 aromatic rings. The zero-order chi connectivity index (χ0) is 12.3. The minimum Gasteiger partial charge on any atom is -0.326 e. The summed E-state index contributed by atoms with van der Waals surface area (Å²) in [6.45, 7) is 4.28. The molecule has 16 heavy (non-hydrogen) atoms. The van der Waals surface area contributed by atoms with Crippen molar-refractivity contribution >= 4 is 0 Å². The van der Waals surface area contributed by atoms with Crippen LogP contribution in [0.25, 0.3) is 0 Å². The highest BCUT2D eigenvalue weighted by atomic mass is 19.4. The van der Waals surface area contributed by atoms with E-state index in [1.54, 1.807) is 0 Å². The lowest BCUT2D eigenvalue weighted by Gasteiger charge is -2.17. The molecule has 1 heterocycles. The Labute approximate surface area is 92.4 Å². The smallest absolute Gasteiger partial charge is 0.326 e. The van der Waals surface area contributed by atoms with Crippen LogP contribution in [0.15, 0.2) is 12.3 Å². The average molecular weight is 235 g/mol. The molecule has 0 radical (unpaired) electrons. The summed E-state index contributed by atoms with van der Waals surface area (Å²) in [4.78, 5) is 0. The van der Waals surface area contributed by atoms with E-state index in [1.165, 1.54) is 10.9 Å². The van der Waals surface area contributed by atoms with Gasteiger partial charge in [-0.3, -0.25) is 4.68 Å². The van der Waals surface area contributed by atoms with Gasteiger partial charge in [-0.1, -0.05) is 20.3 Å². The second-order valence-electron chi connectivity index (χ2n) is 3.97. The van der Waals surface area contributed by atoms with Crippen molar-refractivity contribution < 1.29 is 13.2 Å². The number of alkyl halides is 3. The largest absolute Gasteiger partial charge is 0.435 e. The standard InChI is InChI=1S/C10H16F3N3/c1-3-7(2)8(14)6-16-5-4-9(15-16)10(11,12)13/h4-5,7-8H,3,6,14H2,1-2H3. The number of hydrogen-bond acceptors (Lipinski definition) is 2. The van der Waals surface area contributed by atoms with Crippen LogP contribution in [0.2, 0.25) is 0 Å². The van der Waals surface area contributed by atoms with Crippen molar-refractivity contribution in [1.82, 2.24) is 9.78 Å². The summed E-state index contributed by atoms with van der Waals surface area (Å²) < 4.78 is 38.0. The van der Waals surface area contributed by atoms with Gasteiger partial charge in [0, 0.05) is 12.2 Å². The highest BCUT2D eigenvalue weighted by molar-refractivity contribution is 5.03. The van der Waals surface area contributed by atoms with Gasteiger partial charge in [0.25, 0.3) is 0 Å². The number of hydrogen-bond donors (Lipinski definition) is 1. The van der Waals surface area contributed by atoms with Gasteiger partial charge in [-0.25, -0.2) is 0 Å². The van der Waals surface area contributed by atoms with Gasteiger partial charge in [0.15, 0.2) is 5.69 Å². The fourth-order valence-corrected chi connectivity index (χ4v) is 1.31. The van der Waals surface area contributed by atoms with Crippen molar-refractivity contribution in [3.63, 3.8) is 0 Å². The zero-order valence-electron chi connectivity index (χ0n) is 9.33. The first kappa shape index (κ1) is 13.0. The quantitative estimate of drug-likeness (QED) is 0.870. The first-order valence-electron chi connectivity index (χ1n) is 5.20. The number of aromatic nitrogens is 2. The molecule has 0 spiro atoms. The van der Waals surface area contributed by atoms with Crippen molar-refractivity contribution in [3.05, 3.63) is 18.0 Å². The summed E-state index contributed by atoms with van der Waals surface area (Å²) in [5.74, 6) is 0.263. The molecule has 0 saturated carbocycles. The van der Waals surface area contributed by atoms with Crippen LogP contribution in [-0.4, -0.2) is 15.8 Å². The van der Waals surface area contributed by atoms with E-state index < -0.39 is 11.9 Å². The Balaban J connectivity index is 2.66. The molecule has 1 aromatic heterocycles. The minimum atomic E-state index is -4.38. The average Bonchev–Trinajstić information content (AvgIpc) is 2.64. The predicted molar refractivity (Wildman–Crippen MR) is 54.7 cm³/mol. The normalized spacial score (nSPS) is 16.1. The molecule has 0 aliphatic rings. The first-order chi connectivity index (χ1) is 7.34. The number of rotatable bonds is 4. The maximum Gasteiger partial charge on any atom is 0.435 e. The van der Waals surface area contributed by atoms with Gasteiger partial charge in [-0.2, -0.15) is 18.3 Å². The van der Waals surface area contributed by atoms with Gasteiger partial charge in [-0.05, 0) is 12.0 Å². The van der Waals surface area contributed by atoms with Gasteiger partial charge in [-0.15, -0.1) is 0 Å². The SMILES string of the molecule is CCC(C)C(N)Cn1ccc(C(F)(F)F)n1. The molecule has 6 heteroatoms. The van der Waals surface area contributed by atoms with Gasteiger partial charge in [0.1, 0.15) is 0 Å². The molecule has 2 atom stereocenters. The Kier molecular flexibility index (Phi) is 3.96. The van der Waals surface area contributed by atoms with E-state index >= 15 is 0 Å². The van der Waals surface area contributed by atoms with Gasteiger partial charge in [0.2, 0.25) is 0 Å². The predicted octanol–water partition coefficient (Wildman–Crippen LogP) is 2.28. The minimum absolute atomic E-state index is 0.175. The molecule has 0 bridgehead atoms. The fourth-order valence-electron chi connectivity index (χ4n) is 1.31. The van der Waals surface area contributed by atoms with Gasteiger partial charge in [0.05, 0.1) is 6.54 Å². The van der Waals surface area contributed by atoms with Crippen molar-refractivity contribution in [1.29, 1.82) is 0 Å². The van der Waals surface area contributed by atoms with Crippen LogP contribution in [0.1, 0.15) is 26.0 Å². The monoisotopic (exact) mass is 235 g/mol. The van der Waals surface area contributed by atoms with Crippen LogP contribution in [0.4, 0.5) is 13.2 Å². The van der Waals surface area contributed by atoms with Gasteiger partial charge < -0.3 is 5.73 Å². The first-order valence-corrected chi connectivity index (χ1v) is 5.20. The van der Waals surface area contributed by atoms with Crippen molar-refractivity contribution in [2.75, 3.05) is 0 Å². The molecule has 0 amide bonds. The third kappa shape index (κ3) is 3.23. The number of nitrogens with two attached hydrogens (primary N) is 1. The molecule has 2 unspecified atom stereocenters. The summed E-state index contributed by atoms with van der Waals surface area (Å²) in [7, 11) is 0. The second-order valence-corrected chi connectivity index (χ2v) is 3.97. The molecule has 3 nitrogen and oxygen atoms in total. The van der Waals surface area contributed by atoms with E-state index in [0.717, 1.165) is 12.5 Å². The van der Waals surface area contributed by atoms with E-state index in [-0.39, 0.29) is 12.0 Å². The summed E-state index contributed by atoms with van der Waals surface area (Å²) in [6, 6.07) is 0.787. The van der Waals surface area contributed by atoms with Crippen LogP contribution in [0.3, 0.4) is 0 Å². The van der Waals surface area contributed by atoms with Crippen LogP contribution >= 0.6 is 0 Å². The van der Waals surface area contributed by atoms with Gasteiger partial charge >= 0.3 is 6.18 Å². The Morgan fingerprint density at radius 3 is 2.56 bits per heavy atom. The summed E-state index contributed by atoms with van der Waals surface area (Å²) in [6.07, 6.45) is -2.18. The lowest BCUT2D eigenvalue weighted by molar-refractivity contribution is -0.141. The molecule has 1 rings (SSSR count). The molecule has 0 saturated heterocycles. The van der Waals surface area contributed by atoms with Crippen molar-refractivity contribution in [2.24, 2.45) is 11.7 Å². The van der Waals surface area contributed by atoms with Crippen molar-refractivity contribution in [3.8, 4) is 0 Å². The summed E-state index contributed by atoms with van der Waals surface area (Å²) >= 11 is 0. The highest BCUT2D eigenvalue weighted by Crippen LogP contribution is 2.27. The zero-order valence-corrected chi connectivity index (χ0v) is 9.33. The van der Waals surface area contributed by atoms with E-state index in [1.807, 2.05) is 13.8 Å². The van der Waals surface area contributed by atoms with E-state index in [9.17, 15) is 13.2 Å². The molecule has 0 aliphatic heterocycles. The lowest BCUT2D eigenvalue weighted by Crippen LogP contribution is -2.33. The fraction of sp³-hybridized carbons (Fsp3) is 0.700. The van der Waals surface area contributed by atoms with Crippen molar-refractivity contribution in [2.45, 2.75) is 39.0 Å². The van der Waals surface area contributed by atoms with E-state index in [0.29, 0.717) is 6.54 Å². The molecule has 0 aliphatic carbocycles. The Bertz CT molecular complexity index is 332. The summed E-state index contributed by atoms with van der Waals surface area (Å²) in [5.41, 5.74) is 4.96. The van der Waals surface area contributed by atoms with Crippen LogP contribution in [-0.2, 0) is 12.7 Å². The lowest BCUT2D eigenvalue weighted by atomic mass is 10.0. The molecule has 0 aromatic carbocycles. The third-order valence-corrected chi connectivity index (χ3v) is 2.70. The Hall–Kier alpha value is -1.04. The van der Waals surface area contributed by atoms with Crippen LogP contribution in [0, 0.1) is 5.92 Å². The maximum absolute atomic E-state index is 12.3. The molecular weight excluding hydrogens is 219 g/mol. The number of halogens is 3. The van der Waals surface area contributed by atoms with E-state index in [2.05, 4.69) is 5.10 Å².